The lowest BCUT2D eigenvalue weighted by molar-refractivity contribution is -0.153. The highest BCUT2D eigenvalue weighted by Crippen LogP contribution is 2.19. The van der Waals surface area contributed by atoms with E-state index >= 15 is 0 Å². The van der Waals surface area contributed by atoms with Gasteiger partial charge in [-0.15, -0.1) is 0 Å². The van der Waals surface area contributed by atoms with Crippen molar-refractivity contribution in [2.24, 2.45) is 0 Å². The van der Waals surface area contributed by atoms with E-state index in [1.807, 2.05) is 24.3 Å². The van der Waals surface area contributed by atoms with Crippen LogP contribution in [-0.4, -0.2) is 35.1 Å². The van der Waals surface area contributed by atoms with Crippen LogP contribution < -0.4 is 15.7 Å². The minimum atomic E-state index is -0.953. The molecule has 0 radical (unpaired) electrons. The molecular formula is C20H21N3O5. The highest BCUT2D eigenvalue weighted by atomic mass is 16.5. The van der Waals surface area contributed by atoms with Gasteiger partial charge in [-0.2, -0.15) is 0 Å². The number of benzene rings is 2. The number of amides is 1. The van der Waals surface area contributed by atoms with Gasteiger partial charge in [0.15, 0.2) is 6.10 Å². The molecule has 28 heavy (non-hydrogen) atoms. The molecular weight excluding hydrogens is 362 g/mol. The normalized spacial score (nSPS) is 11.8. The van der Waals surface area contributed by atoms with Crippen LogP contribution in [0.1, 0.15) is 18.9 Å². The summed E-state index contributed by atoms with van der Waals surface area (Å²) < 4.78 is 10.5. The molecule has 3 aromatic rings. The number of para-hydroxylation sites is 1. The lowest BCUT2D eigenvalue weighted by atomic mass is 10.1. The molecule has 2 aromatic carbocycles. The lowest BCUT2D eigenvalue weighted by Crippen LogP contribution is -2.30. The largest absolute Gasteiger partial charge is 0.496 e. The zero-order valence-corrected chi connectivity index (χ0v) is 15.6. The zero-order chi connectivity index (χ0) is 20.1. The maximum atomic E-state index is 12.3. The Morgan fingerprint density at radius 2 is 1.86 bits per heavy atom. The molecule has 0 bridgehead atoms. The van der Waals surface area contributed by atoms with Crippen molar-refractivity contribution in [2.45, 2.75) is 25.9 Å². The van der Waals surface area contributed by atoms with Crippen LogP contribution in [0.15, 0.2) is 47.3 Å². The lowest BCUT2D eigenvalue weighted by Gasteiger charge is -2.14. The highest BCUT2D eigenvalue weighted by molar-refractivity contribution is 5.96. The van der Waals surface area contributed by atoms with E-state index in [4.69, 9.17) is 9.47 Å². The van der Waals surface area contributed by atoms with Gasteiger partial charge in [-0.1, -0.05) is 18.2 Å². The highest BCUT2D eigenvalue weighted by Gasteiger charge is 2.18. The summed E-state index contributed by atoms with van der Waals surface area (Å²) in [6.45, 7) is 1.51. The molecule has 0 fully saturated rings. The molecule has 0 saturated heterocycles. The summed E-state index contributed by atoms with van der Waals surface area (Å²) in [4.78, 5) is 40.9. The monoisotopic (exact) mass is 383 g/mol. The molecule has 0 aliphatic rings. The number of aryl methyl sites for hydroxylation is 1. The molecule has 1 heterocycles. The van der Waals surface area contributed by atoms with Crippen LogP contribution in [0.2, 0.25) is 0 Å². The SMILES string of the molecule is COc1ccccc1CCC(=O)O[C@@H](C)C(=O)Nc1ccc2[nH]c(=O)[nH]c2c1. The molecule has 0 aliphatic carbocycles. The topological polar surface area (TPSA) is 113 Å². The number of hydrogen-bond donors (Lipinski definition) is 3. The van der Waals surface area contributed by atoms with Crippen molar-refractivity contribution in [1.82, 2.24) is 9.97 Å². The van der Waals surface area contributed by atoms with Gasteiger partial charge in [0.1, 0.15) is 5.75 Å². The molecule has 1 atom stereocenters. The van der Waals surface area contributed by atoms with E-state index in [1.54, 1.807) is 25.3 Å². The molecule has 0 spiro atoms. The first-order valence-electron chi connectivity index (χ1n) is 8.80. The van der Waals surface area contributed by atoms with E-state index in [0.717, 1.165) is 5.56 Å². The number of anilines is 1. The second-order valence-electron chi connectivity index (χ2n) is 6.27. The Kier molecular flexibility index (Phi) is 5.78. The molecule has 0 unspecified atom stereocenters. The van der Waals surface area contributed by atoms with Crippen molar-refractivity contribution in [3.05, 3.63) is 58.5 Å². The predicted octanol–water partition coefficient (Wildman–Crippen LogP) is 2.37. The summed E-state index contributed by atoms with van der Waals surface area (Å²) in [6, 6.07) is 12.4. The van der Waals surface area contributed by atoms with Crippen molar-refractivity contribution in [3.63, 3.8) is 0 Å². The van der Waals surface area contributed by atoms with Gasteiger partial charge in [0, 0.05) is 12.1 Å². The van der Waals surface area contributed by atoms with Gasteiger partial charge in [-0.25, -0.2) is 4.79 Å². The van der Waals surface area contributed by atoms with E-state index in [1.165, 1.54) is 6.92 Å². The molecule has 146 valence electrons. The Morgan fingerprint density at radius 3 is 2.64 bits per heavy atom. The Balaban J connectivity index is 1.54. The van der Waals surface area contributed by atoms with Crippen LogP contribution in [0.3, 0.4) is 0 Å². The first-order valence-corrected chi connectivity index (χ1v) is 8.80. The van der Waals surface area contributed by atoms with Crippen molar-refractivity contribution < 1.29 is 19.1 Å². The number of rotatable bonds is 7. The number of H-pyrrole nitrogens is 2. The summed E-state index contributed by atoms with van der Waals surface area (Å²) in [5.74, 6) is -0.221. The number of imidazole rings is 1. The summed E-state index contributed by atoms with van der Waals surface area (Å²) in [5.41, 5.74) is 2.27. The summed E-state index contributed by atoms with van der Waals surface area (Å²) in [5, 5.41) is 2.67. The smallest absolute Gasteiger partial charge is 0.323 e. The van der Waals surface area contributed by atoms with Crippen LogP contribution >= 0.6 is 0 Å². The minimum absolute atomic E-state index is 0.133. The fourth-order valence-electron chi connectivity index (χ4n) is 2.81. The Bertz CT molecular complexity index is 1050. The number of nitrogens with one attached hydrogen (secondary N) is 3. The van der Waals surface area contributed by atoms with Gasteiger partial charge in [0.2, 0.25) is 0 Å². The maximum Gasteiger partial charge on any atom is 0.323 e. The van der Waals surface area contributed by atoms with Crippen LogP contribution in [0, 0.1) is 0 Å². The first kappa shape index (κ1) is 19.2. The third-order valence-corrected chi connectivity index (χ3v) is 4.25. The standard InChI is InChI=1S/C20H21N3O5/c1-12(28-18(24)10-7-13-5-3-4-6-17(13)27-2)19(25)21-14-8-9-15-16(11-14)23-20(26)22-15/h3-6,8-9,11-12H,7,10H2,1-2H3,(H,21,25)(H2,22,23,26)/t12-/m0/s1. The van der Waals surface area contributed by atoms with Gasteiger partial charge >= 0.3 is 11.7 Å². The number of methoxy groups -OCH3 is 1. The van der Waals surface area contributed by atoms with Crippen molar-refractivity contribution in [2.75, 3.05) is 12.4 Å². The fraction of sp³-hybridized carbons (Fsp3) is 0.250. The summed E-state index contributed by atoms with van der Waals surface area (Å²) >= 11 is 0. The molecule has 8 heteroatoms. The average molecular weight is 383 g/mol. The number of carbonyl (C=O) groups excluding carboxylic acids is 2. The second kappa shape index (κ2) is 8.43. The van der Waals surface area contributed by atoms with Gasteiger partial charge < -0.3 is 24.8 Å². The van der Waals surface area contributed by atoms with Gasteiger partial charge in [0.25, 0.3) is 5.91 Å². The van der Waals surface area contributed by atoms with Crippen LogP contribution in [0.25, 0.3) is 11.0 Å². The van der Waals surface area contributed by atoms with E-state index in [0.29, 0.717) is 28.9 Å². The van der Waals surface area contributed by atoms with Crippen molar-refractivity contribution in [3.8, 4) is 5.75 Å². The van der Waals surface area contributed by atoms with Crippen molar-refractivity contribution in [1.29, 1.82) is 0 Å². The number of hydrogen-bond acceptors (Lipinski definition) is 5. The number of carbonyl (C=O) groups is 2. The number of ether oxygens (including phenoxy) is 2. The van der Waals surface area contributed by atoms with E-state index in [2.05, 4.69) is 15.3 Å². The summed E-state index contributed by atoms with van der Waals surface area (Å²) in [7, 11) is 1.57. The van der Waals surface area contributed by atoms with Crippen molar-refractivity contribution >= 4 is 28.6 Å². The molecule has 3 N–H and O–H groups in total. The van der Waals surface area contributed by atoms with Gasteiger partial charge in [-0.3, -0.25) is 9.59 Å². The first-order chi connectivity index (χ1) is 13.5. The number of esters is 1. The van der Waals surface area contributed by atoms with E-state index in [-0.39, 0.29) is 12.1 Å². The maximum absolute atomic E-state index is 12.3. The van der Waals surface area contributed by atoms with Crippen LogP contribution in [0.5, 0.6) is 5.75 Å². The number of aromatic amines is 2. The Labute approximate surface area is 160 Å². The quantitative estimate of drug-likeness (QED) is 0.542. The molecule has 0 saturated carbocycles. The molecule has 1 aromatic heterocycles. The fourth-order valence-corrected chi connectivity index (χ4v) is 2.81. The minimum Gasteiger partial charge on any atom is -0.496 e. The Morgan fingerprint density at radius 1 is 1.11 bits per heavy atom. The summed E-state index contributed by atoms with van der Waals surface area (Å²) in [6.07, 6.45) is -0.366. The van der Waals surface area contributed by atoms with E-state index in [9.17, 15) is 14.4 Å². The molecule has 1 amide bonds. The number of fused-ring (bicyclic) bond motifs is 1. The third-order valence-electron chi connectivity index (χ3n) is 4.25. The zero-order valence-electron chi connectivity index (χ0n) is 15.6. The molecule has 3 rings (SSSR count). The predicted molar refractivity (Wildman–Crippen MR) is 104 cm³/mol. The number of aromatic nitrogens is 2. The van der Waals surface area contributed by atoms with Gasteiger partial charge in [0.05, 0.1) is 18.1 Å². The molecule has 0 aliphatic heterocycles. The average Bonchev–Trinajstić information content (AvgIpc) is 3.05. The Hall–Kier alpha value is -3.55. The third kappa shape index (κ3) is 4.59. The second-order valence-corrected chi connectivity index (χ2v) is 6.27. The molecule has 8 nitrogen and oxygen atoms in total. The van der Waals surface area contributed by atoms with Gasteiger partial charge in [-0.05, 0) is 43.2 Å². The van der Waals surface area contributed by atoms with Crippen LogP contribution in [0.4, 0.5) is 5.69 Å². The van der Waals surface area contributed by atoms with E-state index < -0.39 is 18.0 Å². The van der Waals surface area contributed by atoms with Crippen LogP contribution in [-0.2, 0) is 20.7 Å².